The molecule has 0 radical (unpaired) electrons. The van der Waals surface area contributed by atoms with Crippen LogP contribution < -0.4 is 0 Å². The van der Waals surface area contributed by atoms with E-state index >= 15 is 0 Å². The molecule has 0 aliphatic heterocycles. The Labute approximate surface area is 143 Å². The van der Waals surface area contributed by atoms with E-state index in [2.05, 4.69) is 10.2 Å². The number of aryl methyl sites for hydroxylation is 1. The quantitative estimate of drug-likeness (QED) is 0.786. The Balaban J connectivity index is 1.56. The van der Waals surface area contributed by atoms with Crippen molar-refractivity contribution in [3.05, 3.63) is 22.7 Å². The molecule has 24 heavy (non-hydrogen) atoms. The van der Waals surface area contributed by atoms with E-state index in [0.717, 1.165) is 18.4 Å². The minimum absolute atomic E-state index is 0.0547. The van der Waals surface area contributed by atoms with Crippen molar-refractivity contribution in [1.29, 1.82) is 0 Å². The van der Waals surface area contributed by atoms with Crippen molar-refractivity contribution < 1.29 is 19.1 Å². The van der Waals surface area contributed by atoms with Gasteiger partial charge in [-0.1, -0.05) is 6.92 Å². The molecule has 2 aromatic rings. The van der Waals surface area contributed by atoms with Gasteiger partial charge in [-0.3, -0.25) is 9.59 Å². The number of thiophene rings is 1. The number of amides is 1. The van der Waals surface area contributed by atoms with Gasteiger partial charge < -0.3 is 14.4 Å². The fraction of sp³-hybridized carbons (Fsp3) is 0.500. The third-order valence-electron chi connectivity index (χ3n) is 3.99. The molecule has 0 spiro atoms. The summed E-state index contributed by atoms with van der Waals surface area (Å²) in [5.41, 5.74) is 0.875. The molecule has 1 fully saturated rings. The summed E-state index contributed by atoms with van der Waals surface area (Å²) in [7, 11) is 0. The van der Waals surface area contributed by atoms with Gasteiger partial charge in [0.1, 0.15) is 0 Å². The van der Waals surface area contributed by atoms with Crippen molar-refractivity contribution in [2.45, 2.75) is 38.6 Å². The molecule has 0 bridgehead atoms. The van der Waals surface area contributed by atoms with E-state index in [1.165, 1.54) is 0 Å². The van der Waals surface area contributed by atoms with Gasteiger partial charge in [0.05, 0.1) is 5.92 Å². The highest BCUT2D eigenvalue weighted by atomic mass is 32.1. The molecule has 8 heteroatoms. The Morgan fingerprint density at radius 1 is 1.46 bits per heavy atom. The SMILES string of the molecule is CC(CN(C(=O)CCc1nnc(-c2ccsc2)o1)C1CC1)C(=O)O. The van der Waals surface area contributed by atoms with Crippen LogP contribution in [0, 0.1) is 5.92 Å². The van der Waals surface area contributed by atoms with Gasteiger partial charge in [-0.05, 0) is 24.3 Å². The summed E-state index contributed by atoms with van der Waals surface area (Å²) in [6.45, 7) is 1.87. The van der Waals surface area contributed by atoms with Crippen LogP contribution in [0.3, 0.4) is 0 Å². The maximum absolute atomic E-state index is 12.4. The predicted octanol–water partition coefficient (Wildman–Crippen LogP) is 2.44. The van der Waals surface area contributed by atoms with E-state index in [0.29, 0.717) is 18.2 Å². The molecule has 1 unspecified atom stereocenters. The minimum Gasteiger partial charge on any atom is -0.481 e. The Morgan fingerprint density at radius 2 is 2.25 bits per heavy atom. The first-order valence-electron chi connectivity index (χ1n) is 7.92. The summed E-state index contributed by atoms with van der Waals surface area (Å²) in [5, 5.41) is 20.9. The summed E-state index contributed by atoms with van der Waals surface area (Å²) in [6, 6.07) is 2.08. The average molecular weight is 349 g/mol. The molecule has 1 saturated carbocycles. The van der Waals surface area contributed by atoms with Crippen LogP contribution in [0.5, 0.6) is 0 Å². The highest BCUT2D eigenvalue weighted by Crippen LogP contribution is 2.28. The van der Waals surface area contributed by atoms with Gasteiger partial charge in [-0.25, -0.2) is 0 Å². The van der Waals surface area contributed by atoms with Gasteiger partial charge in [0, 0.05) is 36.4 Å². The van der Waals surface area contributed by atoms with Gasteiger partial charge in [-0.2, -0.15) is 11.3 Å². The van der Waals surface area contributed by atoms with Crippen LogP contribution in [0.1, 0.15) is 32.1 Å². The monoisotopic (exact) mass is 349 g/mol. The Kier molecular flexibility index (Phi) is 4.94. The number of rotatable bonds is 8. The minimum atomic E-state index is -0.884. The second-order valence-corrected chi connectivity index (χ2v) is 6.81. The lowest BCUT2D eigenvalue weighted by atomic mass is 10.1. The molecule has 0 aromatic carbocycles. The van der Waals surface area contributed by atoms with Crippen LogP contribution in [0.15, 0.2) is 21.2 Å². The summed E-state index contributed by atoms with van der Waals surface area (Å²) in [6.07, 6.45) is 2.50. The fourth-order valence-electron chi connectivity index (χ4n) is 2.43. The lowest BCUT2D eigenvalue weighted by molar-refractivity contribution is -0.143. The van der Waals surface area contributed by atoms with Crippen LogP contribution in [0.2, 0.25) is 0 Å². The van der Waals surface area contributed by atoms with Gasteiger partial charge in [0.15, 0.2) is 0 Å². The number of carboxylic acid groups (broad SMARTS) is 1. The third kappa shape index (κ3) is 4.00. The molecule has 2 heterocycles. The van der Waals surface area contributed by atoms with Crippen molar-refractivity contribution >= 4 is 23.2 Å². The number of carbonyl (C=O) groups excluding carboxylic acids is 1. The van der Waals surface area contributed by atoms with Gasteiger partial charge in [0.2, 0.25) is 17.7 Å². The van der Waals surface area contributed by atoms with Gasteiger partial charge in [-0.15, -0.1) is 10.2 Å². The van der Waals surface area contributed by atoms with E-state index in [1.807, 2.05) is 16.8 Å². The number of nitrogens with zero attached hydrogens (tertiary/aromatic N) is 3. The average Bonchev–Trinajstić information content (AvgIpc) is 3.06. The smallest absolute Gasteiger partial charge is 0.308 e. The van der Waals surface area contributed by atoms with Crippen LogP contribution in [0.4, 0.5) is 0 Å². The molecule has 1 aliphatic rings. The molecule has 0 saturated heterocycles. The fourth-order valence-corrected chi connectivity index (χ4v) is 3.06. The zero-order chi connectivity index (χ0) is 17.1. The first-order chi connectivity index (χ1) is 11.5. The predicted molar refractivity (Wildman–Crippen MR) is 87.5 cm³/mol. The lowest BCUT2D eigenvalue weighted by Gasteiger charge is -2.24. The molecular weight excluding hydrogens is 330 g/mol. The number of hydrogen-bond acceptors (Lipinski definition) is 6. The summed E-state index contributed by atoms with van der Waals surface area (Å²) < 4.78 is 5.57. The molecule has 1 amide bonds. The highest BCUT2D eigenvalue weighted by molar-refractivity contribution is 7.08. The van der Waals surface area contributed by atoms with Crippen LogP contribution in [-0.4, -0.2) is 44.7 Å². The molecule has 1 N–H and O–H groups in total. The maximum atomic E-state index is 12.4. The number of carbonyl (C=O) groups is 2. The Hall–Kier alpha value is -2.22. The summed E-state index contributed by atoms with van der Waals surface area (Å²) in [5.74, 6) is -0.626. The number of aromatic nitrogens is 2. The van der Waals surface area contributed by atoms with Crippen molar-refractivity contribution in [1.82, 2.24) is 15.1 Å². The molecule has 1 atom stereocenters. The molecule has 2 aromatic heterocycles. The van der Waals surface area contributed by atoms with Gasteiger partial charge in [0.25, 0.3) is 0 Å². The Morgan fingerprint density at radius 3 is 2.88 bits per heavy atom. The standard InChI is InChI=1S/C16H19N3O4S/c1-10(16(21)22)8-19(12-2-3-12)14(20)5-4-13-17-18-15(23-13)11-6-7-24-9-11/h6-7,9-10,12H,2-5,8H2,1H3,(H,21,22). The molecule has 3 rings (SSSR count). The Bertz CT molecular complexity index is 709. The maximum Gasteiger partial charge on any atom is 0.308 e. The zero-order valence-corrected chi connectivity index (χ0v) is 14.2. The zero-order valence-electron chi connectivity index (χ0n) is 13.3. The van der Waals surface area contributed by atoms with Crippen molar-refractivity contribution in [2.24, 2.45) is 5.92 Å². The molecule has 7 nitrogen and oxygen atoms in total. The molecular formula is C16H19N3O4S. The number of carboxylic acids is 1. The van der Waals surface area contributed by atoms with Crippen molar-refractivity contribution in [3.63, 3.8) is 0 Å². The molecule has 128 valence electrons. The summed E-state index contributed by atoms with van der Waals surface area (Å²) in [4.78, 5) is 25.2. The largest absolute Gasteiger partial charge is 0.481 e. The normalized spacial score (nSPS) is 15.2. The second kappa shape index (κ2) is 7.12. The van der Waals surface area contributed by atoms with E-state index in [1.54, 1.807) is 23.2 Å². The highest BCUT2D eigenvalue weighted by Gasteiger charge is 2.34. The first kappa shape index (κ1) is 16.6. The number of aliphatic carboxylic acids is 1. The van der Waals surface area contributed by atoms with E-state index in [-0.39, 0.29) is 24.9 Å². The van der Waals surface area contributed by atoms with Crippen LogP contribution in [-0.2, 0) is 16.0 Å². The van der Waals surface area contributed by atoms with Crippen LogP contribution in [0.25, 0.3) is 11.5 Å². The van der Waals surface area contributed by atoms with E-state index < -0.39 is 11.9 Å². The van der Waals surface area contributed by atoms with Crippen molar-refractivity contribution in [3.8, 4) is 11.5 Å². The summed E-state index contributed by atoms with van der Waals surface area (Å²) >= 11 is 1.55. The van der Waals surface area contributed by atoms with E-state index in [4.69, 9.17) is 9.52 Å². The van der Waals surface area contributed by atoms with Crippen molar-refractivity contribution in [2.75, 3.05) is 6.54 Å². The van der Waals surface area contributed by atoms with Crippen LogP contribution >= 0.6 is 11.3 Å². The van der Waals surface area contributed by atoms with Gasteiger partial charge >= 0.3 is 5.97 Å². The topological polar surface area (TPSA) is 96.5 Å². The second-order valence-electron chi connectivity index (χ2n) is 6.03. The third-order valence-corrected chi connectivity index (χ3v) is 4.67. The number of hydrogen-bond donors (Lipinski definition) is 1. The van der Waals surface area contributed by atoms with E-state index in [9.17, 15) is 9.59 Å². The first-order valence-corrected chi connectivity index (χ1v) is 8.86. The molecule has 1 aliphatic carbocycles. The lowest BCUT2D eigenvalue weighted by Crippen LogP contribution is -2.38.